The summed E-state index contributed by atoms with van der Waals surface area (Å²) in [6, 6.07) is 14.0. The Labute approximate surface area is 104 Å². The molecule has 86 valence electrons. The summed E-state index contributed by atoms with van der Waals surface area (Å²) < 4.78 is 18.5. The zero-order valence-corrected chi connectivity index (χ0v) is 9.75. The van der Waals surface area contributed by atoms with Gasteiger partial charge in [-0.1, -0.05) is 35.9 Å². The van der Waals surface area contributed by atoms with E-state index < -0.39 is 5.60 Å². The van der Waals surface area contributed by atoms with E-state index in [0.29, 0.717) is 11.6 Å². The molecule has 3 heteroatoms. The lowest BCUT2D eigenvalue weighted by atomic mass is 9.92. The van der Waals surface area contributed by atoms with Crippen molar-refractivity contribution in [2.75, 3.05) is 6.61 Å². The topological polar surface area (TPSA) is 12.5 Å². The van der Waals surface area contributed by atoms with Gasteiger partial charge in [-0.25, -0.2) is 4.39 Å². The fraction of sp³-hybridized carbons (Fsp3) is 0.143. The average Bonchev–Trinajstić information content (AvgIpc) is 3.12. The van der Waals surface area contributed by atoms with Crippen LogP contribution in [-0.2, 0) is 10.3 Å². The van der Waals surface area contributed by atoms with Crippen LogP contribution in [0.25, 0.3) is 0 Å². The number of ether oxygens (including phenoxy) is 1. The minimum Gasteiger partial charge on any atom is -0.359 e. The molecule has 1 heterocycles. The monoisotopic (exact) mass is 248 g/mol. The maximum absolute atomic E-state index is 12.9. The van der Waals surface area contributed by atoms with Crippen molar-refractivity contribution in [2.45, 2.75) is 5.60 Å². The van der Waals surface area contributed by atoms with Crippen LogP contribution in [0.2, 0.25) is 5.02 Å². The van der Waals surface area contributed by atoms with Gasteiger partial charge >= 0.3 is 0 Å². The minimum atomic E-state index is -0.404. The molecule has 1 nitrogen and oxygen atoms in total. The Morgan fingerprint density at radius 3 is 1.88 bits per heavy atom. The standard InChI is InChI=1S/C14H10ClFO/c15-12-5-1-10(2-6-12)14(9-17-14)11-3-7-13(16)8-4-11/h1-8H,9H2. The zero-order valence-electron chi connectivity index (χ0n) is 8.99. The number of benzene rings is 2. The quantitative estimate of drug-likeness (QED) is 0.738. The van der Waals surface area contributed by atoms with Gasteiger partial charge in [0.1, 0.15) is 11.4 Å². The Bertz CT molecular complexity index is 482. The summed E-state index contributed by atoms with van der Waals surface area (Å²) in [5.41, 5.74) is 1.62. The Kier molecular flexibility index (Phi) is 2.42. The highest BCUT2D eigenvalue weighted by Gasteiger charge is 2.48. The van der Waals surface area contributed by atoms with Gasteiger partial charge in [0.15, 0.2) is 0 Å². The van der Waals surface area contributed by atoms with Gasteiger partial charge in [-0.2, -0.15) is 0 Å². The average molecular weight is 249 g/mol. The summed E-state index contributed by atoms with van der Waals surface area (Å²) in [5.74, 6) is -0.236. The molecule has 0 saturated carbocycles. The number of epoxide rings is 1. The third kappa shape index (κ3) is 1.84. The molecule has 0 N–H and O–H groups in total. The third-order valence-corrected chi connectivity index (χ3v) is 3.31. The Balaban J connectivity index is 2.01. The fourth-order valence-electron chi connectivity index (χ4n) is 2.01. The van der Waals surface area contributed by atoms with Crippen LogP contribution in [0.5, 0.6) is 0 Å². The number of rotatable bonds is 2. The molecule has 17 heavy (non-hydrogen) atoms. The highest BCUT2D eigenvalue weighted by atomic mass is 35.5. The van der Waals surface area contributed by atoms with E-state index in [9.17, 15) is 4.39 Å². The second kappa shape index (κ2) is 3.83. The van der Waals surface area contributed by atoms with Crippen LogP contribution < -0.4 is 0 Å². The van der Waals surface area contributed by atoms with Crippen LogP contribution in [0.4, 0.5) is 4.39 Å². The van der Waals surface area contributed by atoms with Gasteiger partial charge < -0.3 is 4.74 Å². The molecule has 1 atom stereocenters. The van der Waals surface area contributed by atoms with Gasteiger partial charge in [-0.05, 0) is 35.4 Å². The zero-order chi connectivity index (χ0) is 11.9. The maximum Gasteiger partial charge on any atom is 0.142 e. The normalized spacial score (nSPS) is 22.5. The van der Waals surface area contributed by atoms with E-state index >= 15 is 0 Å². The molecule has 2 aromatic rings. The Hall–Kier alpha value is -1.38. The first-order chi connectivity index (χ1) is 8.21. The van der Waals surface area contributed by atoms with Crippen LogP contribution in [-0.4, -0.2) is 6.61 Å². The molecule has 0 bridgehead atoms. The van der Waals surface area contributed by atoms with E-state index in [1.807, 2.05) is 24.3 Å². The lowest BCUT2D eigenvalue weighted by Crippen LogP contribution is -2.10. The molecule has 1 aliphatic heterocycles. The van der Waals surface area contributed by atoms with Crippen molar-refractivity contribution in [1.29, 1.82) is 0 Å². The van der Waals surface area contributed by atoms with E-state index in [-0.39, 0.29) is 5.82 Å². The number of hydrogen-bond donors (Lipinski definition) is 0. The van der Waals surface area contributed by atoms with Crippen molar-refractivity contribution in [1.82, 2.24) is 0 Å². The van der Waals surface area contributed by atoms with Crippen molar-refractivity contribution < 1.29 is 9.13 Å². The minimum absolute atomic E-state index is 0.236. The predicted octanol–water partition coefficient (Wildman–Crippen LogP) is 3.75. The molecule has 0 aliphatic carbocycles. The Morgan fingerprint density at radius 1 is 0.941 bits per heavy atom. The second-order valence-corrected chi connectivity index (χ2v) is 4.57. The molecule has 0 aromatic heterocycles. The summed E-state index contributed by atoms with van der Waals surface area (Å²) in [7, 11) is 0. The summed E-state index contributed by atoms with van der Waals surface area (Å²) in [5, 5.41) is 0.698. The van der Waals surface area contributed by atoms with Gasteiger partial charge in [0.2, 0.25) is 0 Å². The van der Waals surface area contributed by atoms with Crippen LogP contribution in [0.1, 0.15) is 11.1 Å². The maximum atomic E-state index is 12.9. The summed E-state index contributed by atoms with van der Waals surface area (Å²) in [6.45, 7) is 0.625. The van der Waals surface area contributed by atoms with Gasteiger partial charge in [0.05, 0.1) is 6.61 Å². The highest BCUT2D eigenvalue weighted by Crippen LogP contribution is 2.45. The predicted molar refractivity (Wildman–Crippen MR) is 64.6 cm³/mol. The lowest BCUT2D eigenvalue weighted by molar-refractivity contribution is 0.349. The SMILES string of the molecule is Fc1ccc(C2(c3ccc(Cl)cc3)CO2)cc1. The fourth-order valence-corrected chi connectivity index (χ4v) is 2.14. The van der Waals surface area contributed by atoms with Crippen molar-refractivity contribution in [3.8, 4) is 0 Å². The van der Waals surface area contributed by atoms with Crippen molar-refractivity contribution >= 4 is 11.6 Å². The first-order valence-corrected chi connectivity index (χ1v) is 5.75. The lowest BCUT2D eigenvalue weighted by Gasteiger charge is -2.12. The van der Waals surface area contributed by atoms with Crippen LogP contribution in [0, 0.1) is 5.82 Å². The van der Waals surface area contributed by atoms with Crippen LogP contribution >= 0.6 is 11.6 Å². The number of halogens is 2. The first-order valence-electron chi connectivity index (χ1n) is 5.37. The van der Waals surface area contributed by atoms with Gasteiger partial charge in [0.25, 0.3) is 0 Å². The summed E-state index contributed by atoms with van der Waals surface area (Å²) in [6.07, 6.45) is 0. The van der Waals surface area contributed by atoms with Gasteiger partial charge in [0, 0.05) is 5.02 Å². The van der Waals surface area contributed by atoms with Gasteiger partial charge in [-0.3, -0.25) is 0 Å². The Morgan fingerprint density at radius 2 is 1.41 bits per heavy atom. The van der Waals surface area contributed by atoms with E-state index in [0.717, 1.165) is 11.1 Å². The first kappa shape index (κ1) is 10.8. The van der Waals surface area contributed by atoms with Crippen molar-refractivity contribution in [3.05, 3.63) is 70.5 Å². The third-order valence-electron chi connectivity index (χ3n) is 3.05. The molecule has 1 aliphatic rings. The summed E-state index contributed by atoms with van der Waals surface area (Å²) in [4.78, 5) is 0. The molecular formula is C14H10ClFO. The second-order valence-electron chi connectivity index (χ2n) is 4.13. The van der Waals surface area contributed by atoms with Crippen LogP contribution in [0.15, 0.2) is 48.5 Å². The summed E-state index contributed by atoms with van der Waals surface area (Å²) >= 11 is 5.86. The molecule has 3 rings (SSSR count). The highest BCUT2D eigenvalue weighted by molar-refractivity contribution is 6.30. The largest absolute Gasteiger partial charge is 0.359 e. The molecule has 1 fully saturated rings. The van der Waals surface area contributed by atoms with E-state index in [1.165, 1.54) is 12.1 Å². The molecule has 1 unspecified atom stereocenters. The molecule has 0 spiro atoms. The van der Waals surface area contributed by atoms with Crippen molar-refractivity contribution in [2.24, 2.45) is 0 Å². The molecule has 0 amide bonds. The molecule has 0 radical (unpaired) electrons. The van der Waals surface area contributed by atoms with Crippen LogP contribution in [0.3, 0.4) is 0 Å². The van der Waals surface area contributed by atoms with E-state index in [4.69, 9.17) is 16.3 Å². The van der Waals surface area contributed by atoms with Crippen molar-refractivity contribution in [3.63, 3.8) is 0 Å². The van der Waals surface area contributed by atoms with Gasteiger partial charge in [-0.15, -0.1) is 0 Å². The number of hydrogen-bond acceptors (Lipinski definition) is 1. The smallest absolute Gasteiger partial charge is 0.142 e. The van der Waals surface area contributed by atoms with E-state index in [2.05, 4.69) is 0 Å². The molecule has 2 aromatic carbocycles. The molecule has 1 saturated heterocycles. The molecular weight excluding hydrogens is 239 g/mol. The van der Waals surface area contributed by atoms with E-state index in [1.54, 1.807) is 12.1 Å².